The van der Waals surface area contributed by atoms with E-state index in [4.69, 9.17) is 0 Å². The average Bonchev–Trinajstić information content (AvgIpc) is 3.41. The molecule has 164 valence electrons. The number of carbonyl (C=O) groups is 1. The molecule has 11 heteroatoms. The lowest BCUT2D eigenvalue weighted by Crippen LogP contribution is -2.17. The molecule has 4 rings (SSSR count). The molecule has 0 spiro atoms. The molecule has 1 N–H and O–H groups in total. The third kappa shape index (κ3) is 5.91. The molecule has 0 bridgehead atoms. The number of rotatable bonds is 7. The van der Waals surface area contributed by atoms with Crippen molar-refractivity contribution in [2.24, 2.45) is 0 Å². The highest BCUT2D eigenvalue weighted by molar-refractivity contribution is 7.15. The summed E-state index contributed by atoms with van der Waals surface area (Å²) in [6.07, 6.45) is 0.454. The predicted octanol–water partition coefficient (Wildman–Crippen LogP) is 4.52. The first-order valence-electron chi connectivity index (χ1n) is 9.36. The highest BCUT2D eigenvalue weighted by Crippen LogP contribution is 2.25. The van der Waals surface area contributed by atoms with Crippen molar-refractivity contribution in [1.29, 1.82) is 0 Å². The quantitative estimate of drug-likeness (QED) is 0.439. The van der Waals surface area contributed by atoms with Gasteiger partial charge in [-0.1, -0.05) is 24.3 Å². The second-order valence-electron chi connectivity index (χ2n) is 6.74. The normalized spacial score (nSPS) is 11.3. The van der Waals surface area contributed by atoms with Crippen LogP contribution < -0.4 is 10.1 Å². The van der Waals surface area contributed by atoms with Crippen LogP contribution in [0.15, 0.2) is 67.4 Å². The lowest BCUT2D eigenvalue weighted by atomic mass is 10.1. The van der Waals surface area contributed by atoms with E-state index in [-0.39, 0.29) is 11.7 Å². The Bertz CT molecular complexity index is 1170. The summed E-state index contributed by atoms with van der Waals surface area (Å²) in [5.74, 6) is -0.558. The van der Waals surface area contributed by atoms with Crippen LogP contribution in [0.4, 0.5) is 18.3 Å². The summed E-state index contributed by atoms with van der Waals surface area (Å²) in [5.41, 5.74) is 2.27. The Morgan fingerprint density at radius 3 is 2.44 bits per heavy atom. The van der Waals surface area contributed by atoms with Gasteiger partial charge in [0.25, 0.3) is 5.91 Å². The van der Waals surface area contributed by atoms with Gasteiger partial charge in [0.05, 0.1) is 6.54 Å². The maximum absolute atomic E-state index is 12.5. The number of hydrogen-bond donors (Lipinski definition) is 1. The van der Waals surface area contributed by atoms with E-state index in [9.17, 15) is 18.0 Å². The minimum absolute atomic E-state index is 0.272. The Hall–Kier alpha value is -3.73. The van der Waals surface area contributed by atoms with Crippen molar-refractivity contribution in [3.05, 3.63) is 88.9 Å². The summed E-state index contributed by atoms with van der Waals surface area (Å²) in [6.45, 7) is 0.557. The van der Waals surface area contributed by atoms with Crippen LogP contribution in [0, 0.1) is 0 Å². The van der Waals surface area contributed by atoms with E-state index in [1.807, 2.05) is 12.1 Å². The van der Waals surface area contributed by atoms with Crippen LogP contribution in [0.3, 0.4) is 0 Å². The SMILES string of the molecule is O=C(Nc1ncc(Cc2ccc(OC(F)(F)F)cc2)s1)c1ccc(Cn2cncn2)cc1. The topological polar surface area (TPSA) is 81.9 Å². The molecule has 1 amide bonds. The number of halogens is 3. The monoisotopic (exact) mass is 459 g/mol. The van der Waals surface area contributed by atoms with Gasteiger partial charge in [-0.2, -0.15) is 5.10 Å². The number of anilines is 1. The Morgan fingerprint density at radius 2 is 1.78 bits per heavy atom. The number of carbonyl (C=O) groups excluding carboxylic acids is 1. The van der Waals surface area contributed by atoms with Crippen LogP contribution in [-0.4, -0.2) is 32.0 Å². The Morgan fingerprint density at radius 1 is 1.06 bits per heavy atom. The van der Waals surface area contributed by atoms with Crippen molar-refractivity contribution in [2.45, 2.75) is 19.3 Å². The van der Waals surface area contributed by atoms with Gasteiger partial charge >= 0.3 is 6.36 Å². The number of aromatic nitrogens is 4. The molecule has 32 heavy (non-hydrogen) atoms. The summed E-state index contributed by atoms with van der Waals surface area (Å²) in [6, 6.07) is 12.8. The van der Waals surface area contributed by atoms with E-state index in [0.717, 1.165) is 16.0 Å². The highest BCUT2D eigenvalue weighted by Gasteiger charge is 2.30. The number of ether oxygens (including phenoxy) is 1. The number of thiazole rings is 1. The first kappa shape index (κ1) is 21.5. The van der Waals surface area contributed by atoms with Gasteiger partial charge in [-0.05, 0) is 35.4 Å². The van der Waals surface area contributed by atoms with Gasteiger partial charge < -0.3 is 4.74 Å². The zero-order chi connectivity index (χ0) is 22.6. The molecule has 0 atom stereocenters. The van der Waals surface area contributed by atoms with Crippen molar-refractivity contribution >= 4 is 22.4 Å². The number of alkyl halides is 3. The molecule has 0 unspecified atom stereocenters. The predicted molar refractivity (Wildman–Crippen MR) is 112 cm³/mol. The summed E-state index contributed by atoms with van der Waals surface area (Å²) >= 11 is 1.30. The fourth-order valence-corrected chi connectivity index (χ4v) is 3.73. The van der Waals surface area contributed by atoms with Crippen LogP contribution in [0.1, 0.15) is 26.4 Å². The van der Waals surface area contributed by atoms with E-state index < -0.39 is 6.36 Å². The first-order valence-corrected chi connectivity index (χ1v) is 10.2. The van der Waals surface area contributed by atoms with Gasteiger partial charge in [0.2, 0.25) is 0 Å². The van der Waals surface area contributed by atoms with Crippen molar-refractivity contribution in [2.75, 3.05) is 5.32 Å². The Kier molecular flexibility index (Phi) is 6.17. The summed E-state index contributed by atoms with van der Waals surface area (Å²) in [5, 5.41) is 7.24. The molecule has 0 radical (unpaired) electrons. The number of hydrogen-bond acceptors (Lipinski definition) is 6. The number of benzene rings is 2. The zero-order valence-electron chi connectivity index (χ0n) is 16.4. The Labute approximate surface area is 184 Å². The van der Waals surface area contributed by atoms with Crippen molar-refractivity contribution in [3.63, 3.8) is 0 Å². The van der Waals surface area contributed by atoms with E-state index in [1.54, 1.807) is 41.5 Å². The molecule has 2 aromatic heterocycles. The molecule has 0 aliphatic heterocycles. The zero-order valence-corrected chi connectivity index (χ0v) is 17.2. The number of nitrogens with zero attached hydrogens (tertiary/aromatic N) is 4. The standard InChI is InChI=1S/C21H16F3N5O2S/c22-21(23,24)31-17-7-3-14(4-8-17)9-18-10-26-20(32-18)28-19(30)16-5-1-15(2-6-16)11-29-13-25-12-27-29/h1-8,10,12-13H,9,11H2,(H,26,28,30). The van der Waals surface area contributed by atoms with Gasteiger partial charge in [0.1, 0.15) is 18.4 Å². The summed E-state index contributed by atoms with van der Waals surface area (Å²) < 4.78 is 42.3. The van der Waals surface area contributed by atoms with Crippen molar-refractivity contribution < 1.29 is 22.7 Å². The first-order chi connectivity index (χ1) is 15.3. The van der Waals surface area contributed by atoms with Crippen LogP contribution in [-0.2, 0) is 13.0 Å². The molecule has 7 nitrogen and oxygen atoms in total. The van der Waals surface area contributed by atoms with Crippen LogP contribution in [0.25, 0.3) is 0 Å². The molecule has 0 aliphatic carbocycles. The van der Waals surface area contributed by atoms with Crippen LogP contribution in [0.5, 0.6) is 5.75 Å². The van der Waals surface area contributed by atoms with E-state index in [2.05, 4.69) is 25.1 Å². The minimum Gasteiger partial charge on any atom is -0.406 e. The maximum Gasteiger partial charge on any atom is 0.573 e. The third-order valence-electron chi connectivity index (χ3n) is 4.34. The lowest BCUT2D eigenvalue weighted by molar-refractivity contribution is -0.274. The van der Waals surface area contributed by atoms with E-state index >= 15 is 0 Å². The fraction of sp³-hybridized carbons (Fsp3) is 0.143. The van der Waals surface area contributed by atoms with E-state index in [0.29, 0.717) is 23.7 Å². The fourth-order valence-electron chi connectivity index (χ4n) is 2.89. The summed E-state index contributed by atoms with van der Waals surface area (Å²) in [7, 11) is 0. The van der Waals surface area contributed by atoms with Crippen molar-refractivity contribution in [3.8, 4) is 5.75 Å². The molecule has 0 saturated heterocycles. The lowest BCUT2D eigenvalue weighted by Gasteiger charge is -2.08. The van der Waals surface area contributed by atoms with Gasteiger partial charge in [-0.3, -0.25) is 10.1 Å². The number of amides is 1. The molecule has 0 fully saturated rings. The largest absolute Gasteiger partial charge is 0.573 e. The molecular formula is C21H16F3N5O2S. The minimum atomic E-state index is -4.72. The second-order valence-corrected chi connectivity index (χ2v) is 7.86. The molecular weight excluding hydrogens is 443 g/mol. The van der Waals surface area contributed by atoms with Crippen LogP contribution >= 0.6 is 11.3 Å². The summed E-state index contributed by atoms with van der Waals surface area (Å²) in [4.78, 5) is 21.4. The van der Waals surface area contributed by atoms with Gasteiger partial charge in [-0.15, -0.1) is 24.5 Å². The van der Waals surface area contributed by atoms with Gasteiger partial charge in [0.15, 0.2) is 5.13 Å². The highest BCUT2D eigenvalue weighted by atomic mass is 32.1. The molecule has 4 aromatic rings. The third-order valence-corrected chi connectivity index (χ3v) is 5.25. The smallest absolute Gasteiger partial charge is 0.406 e. The average molecular weight is 459 g/mol. The van der Waals surface area contributed by atoms with Crippen molar-refractivity contribution in [1.82, 2.24) is 19.7 Å². The Balaban J connectivity index is 1.33. The van der Waals surface area contributed by atoms with Gasteiger partial charge in [0, 0.05) is 23.1 Å². The second kappa shape index (κ2) is 9.18. The van der Waals surface area contributed by atoms with E-state index in [1.165, 1.54) is 29.8 Å². The van der Waals surface area contributed by atoms with Gasteiger partial charge in [-0.25, -0.2) is 14.6 Å². The maximum atomic E-state index is 12.5. The van der Waals surface area contributed by atoms with Crippen LogP contribution in [0.2, 0.25) is 0 Å². The molecule has 2 heterocycles. The molecule has 0 saturated carbocycles. The molecule has 2 aromatic carbocycles. The molecule has 0 aliphatic rings. The number of nitrogens with one attached hydrogen (secondary N) is 1.